The molecule has 2 heterocycles. The number of pyridine rings is 1. The van der Waals surface area contributed by atoms with Gasteiger partial charge in [0.1, 0.15) is 18.0 Å². The first kappa shape index (κ1) is 17.9. The van der Waals surface area contributed by atoms with E-state index in [1.807, 2.05) is 0 Å². The van der Waals surface area contributed by atoms with E-state index in [1.54, 1.807) is 48.3 Å². The number of benzene rings is 1. The van der Waals surface area contributed by atoms with Crippen LogP contribution >= 0.6 is 11.6 Å². The van der Waals surface area contributed by atoms with Gasteiger partial charge in [0.2, 0.25) is 5.91 Å². The predicted molar refractivity (Wildman–Crippen MR) is 100 cm³/mol. The molecule has 136 valence electrons. The molecule has 0 aliphatic rings. The average Bonchev–Trinajstić information content (AvgIpc) is 3.01. The van der Waals surface area contributed by atoms with Gasteiger partial charge in [0.05, 0.1) is 35.8 Å². The number of halogens is 1. The maximum Gasteiger partial charge on any atom is 0.259 e. The van der Waals surface area contributed by atoms with Gasteiger partial charge in [-0.25, -0.2) is 0 Å². The van der Waals surface area contributed by atoms with Gasteiger partial charge in [-0.15, -0.1) is 0 Å². The van der Waals surface area contributed by atoms with Crippen molar-refractivity contribution in [3.63, 3.8) is 0 Å². The molecule has 0 fully saturated rings. The van der Waals surface area contributed by atoms with E-state index in [9.17, 15) is 9.59 Å². The Morgan fingerprint density at radius 3 is 2.58 bits per heavy atom. The molecular formula is C18H18ClN3O4. The van der Waals surface area contributed by atoms with E-state index >= 15 is 0 Å². The number of rotatable bonds is 5. The first-order chi connectivity index (χ1) is 12.4. The van der Waals surface area contributed by atoms with Crippen molar-refractivity contribution in [1.29, 1.82) is 0 Å². The molecule has 0 bridgehead atoms. The Labute approximate surface area is 154 Å². The van der Waals surface area contributed by atoms with Crippen LogP contribution in [0.5, 0.6) is 11.5 Å². The van der Waals surface area contributed by atoms with Crippen LogP contribution in [-0.4, -0.2) is 29.3 Å². The fourth-order valence-electron chi connectivity index (χ4n) is 2.73. The third-order valence-corrected chi connectivity index (χ3v) is 4.37. The van der Waals surface area contributed by atoms with Crippen molar-refractivity contribution in [3.05, 3.63) is 52.0 Å². The van der Waals surface area contributed by atoms with E-state index < -0.39 is 0 Å². The number of anilines is 1. The van der Waals surface area contributed by atoms with Crippen molar-refractivity contribution < 1.29 is 14.3 Å². The van der Waals surface area contributed by atoms with E-state index in [-0.39, 0.29) is 18.0 Å². The third-order valence-electron chi connectivity index (χ3n) is 4.08. The zero-order valence-corrected chi connectivity index (χ0v) is 15.3. The second-order valence-electron chi connectivity index (χ2n) is 5.71. The molecule has 8 heteroatoms. The molecule has 0 spiro atoms. The number of fused-ring (bicyclic) bond motifs is 1. The zero-order chi connectivity index (χ0) is 18.8. The number of hydrogen-bond acceptors (Lipinski definition) is 4. The number of hydrogen-bond donors (Lipinski definition) is 1. The minimum atomic E-state index is -0.275. The van der Waals surface area contributed by atoms with E-state index in [0.717, 1.165) is 0 Å². The summed E-state index contributed by atoms with van der Waals surface area (Å²) in [5.74, 6) is 0.613. The summed E-state index contributed by atoms with van der Waals surface area (Å²) < 4.78 is 13.6. The second kappa shape index (κ2) is 7.13. The van der Waals surface area contributed by atoms with Crippen molar-refractivity contribution in [2.75, 3.05) is 19.5 Å². The van der Waals surface area contributed by atoms with Crippen LogP contribution < -0.4 is 20.3 Å². The molecule has 1 aromatic carbocycles. The van der Waals surface area contributed by atoms with Gasteiger partial charge in [0.15, 0.2) is 0 Å². The maximum absolute atomic E-state index is 12.5. The number of aromatic nitrogens is 2. The van der Waals surface area contributed by atoms with Crippen molar-refractivity contribution in [1.82, 2.24) is 9.13 Å². The Bertz CT molecular complexity index is 1040. The number of methoxy groups -OCH3 is 2. The SMILES string of the molecule is COc1cc(OC)c(NC(=O)Cn2ccc3c(=O)n(C)ccc32)cc1Cl. The van der Waals surface area contributed by atoms with Crippen LogP contribution in [0.3, 0.4) is 0 Å². The first-order valence-electron chi connectivity index (χ1n) is 7.80. The molecule has 0 saturated heterocycles. The number of amides is 1. The second-order valence-corrected chi connectivity index (χ2v) is 6.12. The molecule has 26 heavy (non-hydrogen) atoms. The lowest BCUT2D eigenvalue weighted by atomic mass is 10.2. The molecule has 0 aliphatic heterocycles. The molecule has 1 N–H and O–H groups in total. The summed E-state index contributed by atoms with van der Waals surface area (Å²) in [7, 11) is 4.68. The highest BCUT2D eigenvalue weighted by molar-refractivity contribution is 6.32. The quantitative estimate of drug-likeness (QED) is 0.744. The lowest BCUT2D eigenvalue weighted by Gasteiger charge is -2.13. The maximum atomic E-state index is 12.5. The van der Waals surface area contributed by atoms with Gasteiger partial charge >= 0.3 is 0 Å². The van der Waals surface area contributed by atoms with Crippen molar-refractivity contribution >= 4 is 34.1 Å². The molecule has 3 aromatic rings. The Morgan fingerprint density at radius 2 is 1.88 bits per heavy atom. The number of nitrogens with one attached hydrogen (secondary N) is 1. The van der Waals surface area contributed by atoms with Crippen LogP contribution in [0.25, 0.3) is 10.9 Å². The van der Waals surface area contributed by atoms with Gasteiger partial charge in [0, 0.05) is 25.5 Å². The Hall–Kier alpha value is -2.93. The average molecular weight is 376 g/mol. The smallest absolute Gasteiger partial charge is 0.259 e. The molecule has 1 amide bonds. The van der Waals surface area contributed by atoms with Crippen molar-refractivity contribution in [3.8, 4) is 11.5 Å². The molecule has 0 radical (unpaired) electrons. The standard InChI is InChI=1S/C18H18ClN3O4/c1-21-6-5-14-11(18(21)24)4-7-22(14)10-17(23)20-13-8-12(19)15(25-2)9-16(13)26-3/h4-9H,10H2,1-3H3,(H,20,23). The molecular weight excluding hydrogens is 358 g/mol. The summed E-state index contributed by atoms with van der Waals surface area (Å²) in [6.45, 7) is 0.0451. The molecule has 0 saturated carbocycles. The van der Waals surface area contributed by atoms with E-state index in [4.69, 9.17) is 21.1 Å². The van der Waals surface area contributed by atoms with Crippen LogP contribution in [0.15, 0.2) is 41.5 Å². The van der Waals surface area contributed by atoms with Gasteiger partial charge in [-0.1, -0.05) is 11.6 Å². The fraction of sp³-hybridized carbons (Fsp3) is 0.222. The summed E-state index contributed by atoms with van der Waals surface area (Å²) >= 11 is 6.12. The van der Waals surface area contributed by atoms with Gasteiger partial charge in [0.25, 0.3) is 5.56 Å². The lowest BCUT2D eigenvalue weighted by Crippen LogP contribution is -2.19. The first-order valence-corrected chi connectivity index (χ1v) is 8.18. The number of aryl methyl sites for hydroxylation is 1. The Kier molecular flexibility index (Phi) is 4.90. The highest BCUT2D eigenvalue weighted by atomic mass is 35.5. The summed E-state index contributed by atoms with van der Waals surface area (Å²) in [5.41, 5.74) is 1.03. The van der Waals surface area contributed by atoms with E-state index in [1.165, 1.54) is 18.8 Å². The monoisotopic (exact) mass is 375 g/mol. The summed E-state index contributed by atoms with van der Waals surface area (Å²) in [6, 6.07) is 6.68. The molecule has 0 aliphatic carbocycles. The number of ether oxygens (including phenoxy) is 2. The zero-order valence-electron chi connectivity index (χ0n) is 14.6. The minimum Gasteiger partial charge on any atom is -0.495 e. The summed E-state index contributed by atoms with van der Waals surface area (Å²) in [5, 5.41) is 3.70. The summed E-state index contributed by atoms with van der Waals surface area (Å²) in [4.78, 5) is 24.6. The van der Waals surface area contributed by atoms with Gasteiger partial charge in [-0.05, 0) is 18.2 Å². The van der Waals surface area contributed by atoms with E-state index in [2.05, 4.69) is 5.32 Å². The number of nitrogens with zero attached hydrogens (tertiary/aromatic N) is 2. The van der Waals surface area contributed by atoms with Crippen molar-refractivity contribution in [2.24, 2.45) is 7.05 Å². The van der Waals surface area contributed by atoms with Gasteiger partial charge in [-0.3, -0.25) is 9.59 Å². The van der Waals surface area contributed by atoms with E-state index in [0.29, 0.717) is 33.1 Å². The molecule has 2 aromatic heterocycles. The Balaban J connectivity index is 1.85. The molecule has 7 nitrogen and oxygen atoms in total. The minimum absolute atomic E-state index is 0.0451. The van der Waals surface area contributed by atoms with Gasteiger partial charge < -0.3 is 23.9 Å². The van der Waals surface area contributed by atoms with Crippen LogP contribution in [0.2, 0.25) is 5.02 Å². The molecule has 0 unspecified atom stereocenters. The topological polar surface area (TPSA) is 74.5 Å². The van der Waals surface area contributed by atoms with Crippen LogP contribution in [-0.2, 0) is 18.4 Å². The van der Waals surface area contributed by atoms with Crippen LogP contribution in [0.4, 0.5) is 5.69 Å². The lowest BCUT2D eigenvalue weighted by molar-refractivity contribution is -0.116. The number of carbonyl (C=O) groups is 1. The van der Waals surface area contributed by atoms with Crippen LogP contribution in [0.1, 0.15) is 0 Å². The largest absolute Gasteiger partial charge is 0.495 e. The van der Waals surface area contributed by atoms with Crippen LogP contribution in [0, 0.1) is 0 Å². The Morgan fingerprint density at radius 1 is 1.15 bits per heavy atom. The third kappa shape index (κ3) is 3.25. The normalized spacial score (nSPS) is 10.8. The summed E-state index contributed by atoms with van der Waals surface area (Å²) in [6.07, 6.45) is 3.38. The van der Waals surface area contributed by atoms with Gasteiger partial charge in [-0.2, -0.15) is 0 Å². The highest BCUT2D eigenvalue weighted by Crippen LogP contribution is 2.35. The molecule has 3 rings (SSSR count). The molecule has 0 atom stereocenters. The highest BCUT2D eigenvalue weighted by Gasteiger charge is 2.14. The fourth-order valence-corrected chi connectivity index (χ4v) is 2.97. The predicted octanol–water partition coefficient (Wildman–Crippen LogP) is 2.65. The number of carbonyl (C=O) groups excluding carboxylic acids is 1. The van der Waals surface area contributed by atoms with Crippen molar-refractivity contribution in [2.45, 2.75) is 6.54 Å².